The molecular formula is C21H27N3OS. The van der Waals surface area contributed by atoms with Gasteiger partial charge in [-0.15, -0.1) is 0 Å². The zero-order valence-electron chi connectivity index (χ0n) is 15.3. The molecule has 0 atom stereocenters. The van der Waals surface area contributed by atoms with Crippen molar-refractivity contribution < 1.29 is 4.74 Å². The standard InChI is InChI=1S/C21H27N3OS/c1-25-20-11-7-10-19(14-20)23-21(26)22-15-17-8-3-4-9-18(17)16-24-12-5-2-6-13-24/h3-4,7-11,14H,2,5-6,12-13,15-16H2,1H3,(H2,22,23,26). The van der Waals surface area contributed by atoms with Crippen LogP contribution in [0.4, 0.5) is 5.69 Å². The summed E-state index contributed by atoms with van der Waals surface area (Å²) in [7, 11) is 1.66. The molecule has 1 heterocycles. The first-order valence-electron chi connectivity index (χ1n) is 9.22. The smallest absolute Gasteiger partial charge is 0.171 e. The highest BCUT2D eigenvalue weighted by Crippen LogP contribution is 2.18. The zero-order valence-corrected chi connectivity index (χ0v) is 16.1. The van der Waals surface area contributed by atoms with Crippen molar-refractivity contribution in [3.8, 4) is 5.75 Å². The summed E-state index contributed by atoms with van der Waals surface area (Å²) < 4.78 is 5.25. The van der Waals surface area contributed by atoms with Crippen LogP contribution in [0.25, 0.3) is 0 Å². The first-order valence-corrected chi connectivity index (χ1v) is 9.63. The summed E-state index contributed by atoms with van der Waals surface area (Å²) in [6.07, 6.45) is 3.99. The van der Waals surface area contributed by atoms with E-state index in [0.717, 1.165) is 24.5 Å². The molecule has 2 N–H and O–H groups in total. The van der Waals surface area contributed by atoms with Crippen LogP contribution in [0.1, 0.15) is 30.4 Å². The Morgan fingerprint density at radius 1 is 1.04 bits per heavy atom. The fourth-order valence-electron chi connectivity index (χ4n) is 3.29. The van der Waals surface area contributed by atoms with Gasteiger partial charge in [-0.1, -0.05) is 36.8 Å². The lowest BCUT2D eigenvalue weighted by atomic mass is 10.0. The van der Waals surface area contributed by atoms with Gasteiger partial charge in [0.15, 0.2) is 5.11 Å². The van der Waals surface area contributed by atoms with Crippen molar-refractivity contribution in [2.24, 2.45) is 0 Å². The number of methoxy groups -OCH3 is 1. The lowest BCUT2D eigenvalue weighted by molar-refractivity contribution is 0.220. The number of thiocarbonyl (C=S) groups is 1. The molecule has 0 saturated carbocycles. The molecule has 2 aromatic carbocycles. The van der Waals surface area contributed by atoms with Crippen molar-refractivity contribution in [2.75, 3.05) is 25.5 Å². The quantitative estimate of drug-likeness (QED) is 0.748. The van der Waals surface area contributed by atoms with E-state index in [0.29, 0.717) is 5.11 Å². The minimum absolute atomic E-state index is 0.617. The van der Waals surface area contributed by atoms with E-state index in [9.17, 15) is 0 Å². The predicted octanol–water partition coefficient (Wildman–Crippen LogP) is 4.17. The minimum Gasteiger partial charge on any atom is -0.497 e. The largest absolute Gasteiger partial charge is 0.497 e. The summed E-state index contributed by atoms with van der Waals surface area (Å²) in [5, 5.41) is 7.16. The molecule has 0 spiro atoms. The summed E-state index contributed by atoms with van der Waals surface area (Å²) >= 11 is 5.45. The van der Waals surface area contributed by atoms with Gasteiger partial charge in [0.2, 0.25) is 0 Å². The van der Waals surface area contributed by atoms with Crippen molar-refractivity contribution >= 4 is 23.0 Å². The Labute approximate surface area is 161 Å². The number of anilines is 1. The van der Waals surface area contributed by atoms with E-state index in [1.165, 1.54) is 43.5 Å². The first kappa shape index (κ1) is 18.7. The van der Waals surface area contributed by atoms with Gasteiger partial charge in [0.1, 0.15) is 5.75 Å². The third kappa shape index (κ3) is 5.44. The van der Waals surface area contributed by atoms with Gasteiger partial charge in [0.25, 0.3) is 0 Å². The van der Waals surface area contributed by atoms with Gasteiger partial charge in [-0.25, -0.2) is 0 Å². The van der Waals surface area contributed by atoms with Crippen LogP contribution in [0.5, 0.6) is 5.75 Å². The molecule has 1 saturated heterocycles. The number of ether oxygens (including phenoxy) is 1. The van der Waals surface area contributed by atoms with Crippen LogP contribution in [-0.4, -0.2) is 30.2 Å². The maximum Gasteiger partial charge on any atom is 0.171 e. The van der Waals surface area contributed by atoms with Crippen molar-refractivity contribution in [3.05, 3.63) is 59.7 Å². The van der Waals surface area contributed by atoms with Gasteiger partial charge in [-0.2, -0.15) is 0 Å². The van der Waals surface area contributed by atoms with E-state index in [-0.39, 0.29) is 0 Å². The van der Waals surface area contributed by atoms with Crippen LogP contribution in [-0.2, 0) is 13.1 Å². The molecule has 0 amide bonds. The van der Waals surface area contributed by atoms with Gasteiger partial charge in [0.05, 0.1) is 7.11 Å². The van der Waals surface area contributed by atoms with Crippen LogP contribution in [0.2, 0.25) is 0 Å². The predicted molar refractivity (Wildman–Crippen MR) is 112 cm³/mol. The molecule has 26 heavy (non-hydrogen) atoms. The first-order chi connectivity index (χ1) is 12.7. The fourth-order valence-corrected chi connectivity index (χ4v) is 3.48. The molecule has 1 aliphatic rings. The van der Waals surface area contributed by atoms with Crippen LogP contribution in [0.3, 0.4) is 0 Å². The number of nitrogens with one attached hydrogen (secondary N) is 2. The van der Waals surface area contributed by atoms with E-state index in [1.807, 2.05) is 24.3 Å². The molecule has 0 unspecified atom stereocenters. The van der Waals surface area contributed by atoms with E-state index in [4.69, 9.17) is 17.0 Å². The summed E-state index contributed by atoms with van der Waals surface area (Å²) in [4.78, 5) is 2.55. The molecule has 1 aliphatic heterocycles. The topological polar surface area (TPSA) is 36.5 Å². The molecule has 2 aromatic rings. The van der Waals surface area contributed by atoms with Crippen LogP contribution >= 0.6 is 12.2 Å². The highest BCUT2D eigenvalue weighted by molar-refractivity contribution is 7.80. The lowest BCUT2D eigenvalue weighted by Gasteiger charge is -2.27. The van der Waals surface area contributed by atoms with E-state index in [2.05, 4.69) is 39.8 Å². The average Bonchev–Trinajstić information content (AvgIpc) is 2.68. The summed E-state index contributed by atoms with van der Waals surface area (Å²) in [5.74, 6) is 0.810. The third-order valence-corrected chi connectivity index (χ3v) is 4.97. The Morgan fingerprint density at radius 2 is 1.81 bits per heavy atom. The molecule has 3 rings (SSSR count). The Morgan fingerprint density at radius 3 is 2.58 bits per heavy atom. The second-order valence-electron chi connectivity index (χ2n) is 6.65. The number of nitrogens with zero attached hydrogens (tertiary/aromatic N) is 1. The Hall–Kier alpha value is -2.11. The third-order valence-electron chi connectivity index (χ3n) is 4.73. The molecule has 5 heteroatoms. The molecule has 138 valence electrons. The van der Waals surface area contributed by atoms with Crippen molar-refractivity contribution in [3.63, 3.8) is 0 Å². The Kier molecular flexibility index (Phi) is 6.86. The molecule has 0 aliphatic carbocycles. The van der Waals surface area contributed by atoms with Crippen LogP contribution in [0, 0.1) is 0 Å². The van der Waals surface area contributed by atoms with Crippen molar-refractivity contribution in [2.45, 2.75) is 32.4 Å². The van der Waals surface area contributed by atoms with E-state index >= 15 is 0 Å². The van der Waals surface area contributed by atoms with Crippen LogP contribution < -0.4 is 15.4 Å². The average molecular weight is 370 g/mol. The fraction of sp³-hybridized carbons (Fsp3) is 0.381. The van der Waals surface area contributed by atoms with E-state index < -0.39 is 0 Å². The van der Waals surface area contributed by atoms with Gasteiger partial charge in [-0.3, -0.25) is 4.90 Å². The van der Waals surface area contributed by atoms with Gasteiger partial charge >= 0.3 is 0 Å². The summed E-state index contributed by atoms with van der Waals surface area (Å²) in [6, 6.07) is 16.4. The highest BCUT2D eigenvalue weighted by atomic mass is 32.1. The second-order valence-corrected chi connectivity index (χ2v) is 7.05. The molecular weight excluding hydrogens is 342 g/mol. The summed E-state index contributed by atoms with van der Waals surface area (Å²) in [6.45, 7) is 4.16. The van der Waals surface area contributed by atoms with Gasteiger partial charge in [-0.05, 0) is 61.4 Å². The Balaban J connectivity index is 1.56. The molecule has 1 fully saturated rings. The maximum atomic E-state index is 5.45. The number of benzene rings is 2. The highest BCUT2D eigenvalue weighted by Gasteiger charge is 2.12. The molecule has 0 aromatic heterocycles. The maximum absolute atomic E-state index is 5.45. The number of piperidine rings is 1. The number of hydrogen-bond donors (Lipinski definition) is 2. The van der Waals surface area contributed by atoms with Crippen molar-refractivity contribution in [1.82, 2.24) is 10.2 Å². The van der Waals surface area contributed by atoms with Crippen LogP contribution in [0.15, 0.2) is 48.5 Å². The Bertz CT molecular complexity index is 729. The molecule has 0 radical (unpaired) electrons. The minimum atomic E-state index is 0.617. The molecule has 4 nitrogen and oxygen atoms in total. The number of likely N-dealkylation sites (tertiary alicyclic amines) is 1. The normalized spacial score (nSPS) is 14.7. The SMILES string of the molecule is COc1cccc(NC(=S)NCc2ccccc2CN2CCCCC2)c1. The van der Waals surface area contributed by atoms with Gasteiger partial charge < -0.3 is 15.4 Å². The zero-order chi connectivity index (χ0) is 18.2. The summed E-state index contributed by atoms with van der Waals surface area (Å²) in [5.41, 5.74) is 3.60. The number of rotatable bonds is 6. The lowest BCUT2D eigenvalue weighted by Crippen LogP contribution is -2.31. The van der Waals surface area contributed by atoms with E-state index in [1.54, 1.807) is 7.11 Å². The van der Waals surface area contributed by atoms with Crippen molar-refractivity contribution in [1.29, 1.82) is 0 Å². The number of hydrogen-bond acceptors (Lipinski definition) is 3. The second kappa shape index (κ2) is 9.55. The van der Waals surface area contributed by atoms with Gasteiger partial charge in [0, 0.05) is 24.8 Å². The molecule has 0 bridgehead atoms. The monoisotopic (exact) mass is 369 g/mol.